The van der Waals surface area contributed by atoms with Gasteiger partial charge < -0.3 is 14.8 Å². The van der Waals surface area contributed by atoms with Crippen LogP contribution in [0.5, 0.6) is 5.75 Å². The number of aromatic nitrogens is 3. The minimum Gasteiger partial charge on any atom is -0.488 e. The molecular weight excluding hydrogens is 617 g/mol. The summed E-state index contributed by atoms with van der Waals surface area (Å²) in [5, 5.41) is 7.17. The molecule has 4 heterocycles. The summed E-state index contributed by atoms with van der Waals surface area (Å²) in [6, 6.07) is 4.75. The Morgan fingerprint density at radius 2 is 1.93 bits per heavy atom. The highest BCUT2D eigenvalue weighted by Crippen LogP contribution is 2.69. The highest BCUT2D eigenvalue weighted by molar-refractivity contribution is 6.31. The molecule has 3 atom stereocenters. The van der Waals surface area contributed by atoms with Crippen molar-refractivity contribution in [1.82, 2.24) is 24.8 Å². The van der Waals surface area contributed by atoms with Gasteiger partial charge in [-0.05, 0) is 36.2 Å². The molecule has 16 heteroatoms. The molecule has 1 aromatic carbocycles. The number of likely N-dealkylation sites (tertiary alicyclic amines) is 1. The summed E-state index contributed by atoms with van der Waals surface area (Å²) in [7, 11) is 0. The fourth-order valence-corrected chi connectivity index (χ4v) is 6.59. The molecule has 2 unspecified atom stereocenters. The molecule has 0 spiro atoms. The van der Waals surface area contributed by atoms with Crippen LogP contribution in [-0.4, -0.2) is 74.2 Å². The molecule has 3 aromatic rings. The van der Waals surface area contributed by atoms with E-state index in [4.69, 9.17) is 16.3 Å². The largest absolute Gasteiger partial charge is 0.490 e. The zero-order valence-electron chi connectivity index (χ0n) is 23.5. The van der Waals surface area contributed by atoms with E-state index in [-0.39, 0.29) is 18.8 Å². The van der Waals surface area contributed by atoms with Gasteiger partial charge in [0.2, 0.25) is 11.5 Å². The molecule has 2 amide bonds. The molecule has 1 N–H and O–H groups in total. The van der Waals surface area contributed by atoms with E-state index < -0.39 is 65.9 Å². The molecule has 2 aromatic heterocycles. The van der Waals surface area contributed by atoms with Crippen LogP contribution in [0, 0.1) is 18.3 Å². The number of esters is 1. The molecule has 0 bridgehead atoms. The van der Waals surface area contributed by atoms with Gasteiger partial charge in [0.25, 0.3) is 11.8 Å². The number of piperidine rings is 2. The number of hydrogen-bond donors (Lipinski definition) is 1. The summed E-state index contributed by atoms with van der Waals surface area (Å²) >= 11 is 6.35. The van der Waals surface area contributed by atoms with Crippen molar-refractivity contribution in [3.63, 3.8) is 0 Å². The lowest BCUT2D eigenvalue weighted by molar-refractivity contribution is -0.209. The summed E-state index contributed by atoms with van der Waals surface area (Å²) in [4.78, 5) is 43.3. The fourth-order valence-electron chi connectivity index (χ4n) is 6.32. The maximum Gasteiger partial charge on any atom is 0.490 e. The standard InChI is InChI=1S/C28H25ClF5N5O5/c1-13-4-15(29)6-17(20(13)43-16-7-26(30,31)11-35-8-16)19-18-5-14(10-39(18)37-12-36-19)9-38-22(40)21-25(2,3)27(21,23(38)41)44-24(42)28(32,33)34/h4-6,10,12,16,21,35H,7-9,11H2,1-3H3/t16-,21?,27?/m0/s1. The Bertz CT molecular complexity index is 1730. The topological polar surface area (TPSA) is 115 Å². The van der Waals surface area contributed by atoms with Crippen molar-refractivity contribution in [3.8, 4) is 17.0 Å². The number of halogens is 6. The molecular formula is C28H25ClF5N5O5. The van der Waals surface area contributed by atoms with Crippen LogP contribution in [0.4, 0.5) is 22.0 Å². The van der Waals surface area contributed by atoms with Crippen molar-refractivity contribution >= 4 is 34.9 Å². The number of hydrogen-bond acceptors (Lipinski definition) is 8. The maximum absolute atomic E-state index is 14.1. The number of rotatable bonds is 6. The van der Waals surface area contributed by atoms with E-state index in [1.165, 1.54) is 30.9 Å². The lowest BCUT2D eigenvalue weighted by Crippen LogP contribution is -2.48. The van der Waals surface area contributed by atoms with E-state index in [1.54, 1.807) is 25.1 Å². The number of amides is 2. The van der Waals surface area contributed by atoms with Crippen LogP contribution in [-0.2, 0) is 25.7 Å². The Morgan fingerprint density at radius 1 is 1.20 bits per heavy atom. The molecule has 3 aliphatic rings. The Hall–Kier alpha value is -3.85. The normalized spacial score (nSPS) is 25.7. The van der Waals surface area contributed by atoms with Crippen molar-refractivity contribution in [3.05, 3.63) is 46.9 Å². The first-order valence-corrected chi connectivity index (χ1v) is 13.9. The summed E-state index contributed by atoms with van der Waals surface area (Å²) < 4.78 is 79.3. The monoisotopic (exact) mass is 641 g/mol. The molecule has 10 nitrogen and oxygen atoms in total. The van der Waals surface area contributed by atoms with E-state index in [0.717, 1.165) is 4.90 Å². The smallest absolute Gasteiger partial charge is 0.488 e. The number of imide groups is 1. The molecule has 1 aliphatic carbocycles. The SMILES string of the molecule is Cc1cc(Cl)cc(-c2ncnn3cc(CN4C(=O)C5C(C)(C)C5(OC(=O)C(F)(F)F)C4=O)cc23)c1O[C@@H]1CNCC(F)(F)C1. The number of ether oxygens (including phenoxy) is 2. The summed E-state index contributed by atoms with van der Waals surface area (Å²) in [5.74, 6) is -8.30. The molecule has 234 valence electrons. The van der Waals surface area contributed by atoms with Gasteiger partial charge in [-0.2, -0.15) is 18.3 Å². The highest BCUT2D eigenvalue weighted by atomic mass is 35.5. The third kappa shape index (κ3) is 4.67. The summed E-state index contributed by atoms with van der Waals surface area (Å²) in [6.07, 6.45) is -3.96. The Labute approximate surface area is 251 Å². The number of carbonyl (C=O) groups is 3. The second-order valence-corrected chi connectivity index (χ2v) is 12.3. The number of fused-ring (bicyclic) bond motifs is 2. The maximum atomic E-state index is 14.1. The van der Waals surface area contributed by atoms with E-state index in [9.17, 15) is 36.3 Å². The van der Waals surface area contributed by atoms with Crippen LogP contribution in [0.15, 0.2) is 30.7 Å². The number of alkyl halides is 5. The van der Waals surface area contributed by atoms with Gasteiger partial charge in [0.05, 0.1) is 30.9 Å². The van der Waals surface area contributed by atoms with Crippen LogP contribution in [0.25, 0.3) is 16.8 Å². The molecule has 1 saturated carbocycles. The highest BCUT2D eigenvalue weighted by Gasteiger charge is 2.88. The average molecular weight is 642 g/mol. The fraction of sp³-hybridized carbons (Fsp3) is 0.464. The van der Waals surface area contributed by atoms with Crippen molar-refractivity contribution in [2.45, 2.75) is 57.5 Å². The molecule has 44 heavy (non-hydrogen) atoms. The van der Waals surface area contributed by atoms with Crippen LogP contribution in [0.1, 0.15) is 31.4 Å². The third-order valence-electron chi connectivity index (χ3n) is 8.43. The second kappa shape index (κ2) is 9.83. The lowest BCUT2D eigenvalue weighted by atomic mass is 10.0. The van der Waals surface area contributed by atoms with E-state index in [1.807, 2.05) is 0 Å². The number of nitrogens with one attached hydrogen (secondary N) is 1. The average Bonchev–Trinajstić information content (AvgIpc) is 3.13. The van der Waals surface area contributed by atoms with Gasteiger partial charge in [-0.15, -0.1) is 0 Å². The van der Waals surface area contributed by atoms with Crippen molar-refractivity contribution in [1.29, 1.82) is 0 Å². The van der Waals surface area contributed by atoms with Gasteiger partial charge in [0, 0.05) is 28.7 Å². The van der Waals surface area contributed by atoms with E-state index >= 15 is 0 Å². The van der Waals surface area contributed by atoms with Gasteiger partial charge in [0.15, 0.2) is 0 Å². The minimum atomic E-state index is -5.35. The van der Waals surface area contributed by atoms with Gasteiger partial charge in [-0.3, -0.25) is 14.5 Å². The zero-order valence-corrected chi connectivity index (χ0v) is 24.2. The first-order chi connectivity index (χ1) is 20.5. The molecule has 3 fully saturated rings. The predicted molar refractivity (Wildman–Crippen MR) is 143 cm³/mol. The third-order valence-corrected chi connectivity index (χ3v) is 8.65. The zero-order chi connectivity index (χ0) is 32.0. The number of aryl methyl sites for hydroxylation is 1. The number of nitrogens with zero attached hydrogens (tertiary/aromatic N) is 4. The molecule has 2 saturated heterocycles. The van der Waals surface area contributed by atoms with Gasteiger partial charge in [0.1, 0.15) is 23.9 Å². The molecule has 2 aliphatic heterocycles. The van der Waals surface area contributed by atoms with E-state index in [2.05, 4.69) is 20.1 Å². The van der Waals surface area contributed by atoms with Gasteiger partial charge in [-0.1, -0.05) is 25.4 Å². The molecule has 0 radical (unpaired) electrons. The van der Waals surface area contributed by atoms with Crippen molar-refractivity contribution < 1.29 is 45.8 Å². The Kier molecular flexibility index (Phi) is 6.74. The first kappa shape index (κ1) is 30.2. The van der Waals surface area contributed by atoms with Crippen molar-refractivity contribution in [2.75, 3.05) is 13.1 Å². The Balaban J connectivity index is 1.32. The quantitative estimate of drug-likeness (QED) is 0.243. The number of benzene rings is 1. The minimum absolute atomic E-state index is 0.195. The van der Waals surface area contributed by atoms with E-state index in [0.29, 0.717) is 32.9 Å². The van der Waals surface area contributed by atoms with Crippen LogP contribution in [0.2, 0.25) is 5.02 Å². The number of carbonyl (C=O) groups excluding carboxylic acids is 3. The van der Waals surface area contributed by atoms with Gasteiger partial charge >= 0.3 is 12.1 Å². The first-order valence-electron chi connectivity index (χ1n) is 13.5. The van der Waals surface area contributed by atoms with Crippen LogP contribution in [0.3, 0.4) is 0 Å². The summed E-state index contributed by atoms with van der Waals surface area (Å²) in [5.41, 5.74) is -1.57. The van der Waals surface area contributed by atoms with Gasteiger partial charge in [-0.25, -0.2) is 23.1 Å². The second-order valence-electron chi connectivity index (χ2n) is 11.8. The van der Waals surface area contributed by atoms with Crippen LogP contribution < -0.4 is 10.1 Å². The van der Waals surface area contributed by atoms with Crippen LogP contribution >= 0.6 is 11.6 Å². The lowest BCUT2D eigenvalue weighted by Gasteiger charge is -2.31. The predicted octanol–water partition coefficient (Wildman–Crippen LogP) is 4.10. The van der Waals surface area contributed by atoms with Crippen molar-refractivity contribution in [2.24, 2.45) is 11.3 Å². The molecule has 6 rings (SSSR count). The Morgan fingerprint density at radius 3 is 2.61 bits per heavy atom. The summed E-state index contributed by atoms with van der Waals surface area (Å²) in [6.45, 7) is 3.88.